The molecule has 1 aliphatic heterocycles. The van der Waals surface area contributed by atoms with Crippen molar-refractivity contribution in [2.45, 2.75) is 0 Å². The molecule has 1 saturated heterocycles. The van der Waals surface area contributed by atoms with Crippen molar-refractivity contribution in [3.8, 4) is 11.5 Å². The molecule has 7 nitrogen and oxygen atoms in total. The number of nitrogens with zero attached hydrogens (tertiary/aromatic N) is 6. The zero-order valence-electron chi connectivity index (χ0n) is 17.4. The van der Waals surface area contributed by atoms with Gasteiger partial charge in [-0.05, 0) is 42.5 Å². The SMILES string of the molecule is O=C(c1cnn(-c2ccc(F)cc2)c1-n1cccc1)N1CCN(c2ncc(Cl)cc2Cl)CC1. The van der Waals surface area contributed by atoms with Crippen LogP contribution in [0.2, 0.25) is 10.0 Å². The molecule has 4 heterocycles. The van der Waals surface area contributed by atoms with Gasteiger partial charge in [0.25, 0.3) is 5.91 Å². The molecule has 0 unspecified atom stereocenters. The Balaban J connectivity index is 1.41. The highest BCUT2D eigenvalue weighted by atomic mass is 35.5. The summed E-state index contributed by atoms with van der Waals surface area (Å²) in [4.78, 5) is 21.7. The molecule has 0 saturated carbocycles. The lowest BCUT2D eigenvalue weighted by molar-refractivity contribution is 0.0746. The van der Waals surface area contributed by atoms with Crippen LogP contribution in [0.3, 0.4) is 0 Å². The molecule has 1 amide bonds. The Morgan fingerprint density at radius 3 is 2.33 bits per heavy atom. The Hall–Kier alpha value is -3.36. The summed E-state index contributed by atoms with van der Waals surface area (Å²) in [5, 5.41) is 5.41. The molecule has 168 valence electrons. The van der Waals surface area contributed by atoms with Gasteiger partial charge in [-0.2, -0.15) is 5.10 Å². The minimum Gasteiger partial charge on any atom is -0.352 e. The maximum absolute atomic E-state index is 13.5. The molecule has 5 rings (SSSR count). The van der Waals surface area contributed by atoms with E-state index < -0.39 is 0 Å². The quantitative estimate of drug-likeness (QED) is 0.428. The first kappa shape index (κ1) is 21.5. The molecule has 3 aromatic heterocycles. The van der Waals surface area contributed by atoms with Crippen LogP contribution in [0.15, 0.2) is 67.3 Å². The van der Waals surface area contributed by atoms with Crippen molar-refractivity contribution in [3.05, 3.63) is 88.7 Å². The van der Waals surface area contributed by atoms with E-state index in [1.165, 1.54) is 12.1 Å². The number of carbonyl (C=O) groups is 1. The predicted molar refractivity (Wildman–Crippen MR) is 125 cm³/mol. The van der Waals surface area contributed by atoms with Gasteiger partial charge < -0.3 is 14.4 Å². The maximum Gasteiger partial charge on any atom is 0.259 e. The Bertz CT molecular complexity index is 1280. The first-order chi connectivity index (χ1) is 16.0. The van der Waals surface area contributed by atoms with Crippen molar-refractivity contribution in [2.24, 2.45) is 0 Å². The molecule has 0 aliphatic carbocycles. The van der Waals surface area contributed by atoms with Gasteiger partial charge >= 0.3 is 0 Å². The summed E-state index contributed by atoms with van der Waals surface area (Å²) in [7, 11) is 0. The molecule has 33 heavy (non-hydrogen) atoms. The van der Waals surface area contributed by atoms with Gasteiger partial charge in [-0.15, -0.1) is 0 Å². The largest absolute Gasteiger partial charge is 0.352 e. The molecule has 4 aromatic rings. The van der Waals surface area contributed by atoms with Gasteiger partial charge in [0.1, 0.15) is 17.2 Å². The molecular weight excluding hydrogens is 466 g/mol. The lowest BCUT2D eigenvalue weighted by Gasteiger charge is -2.35. The Morgan fingerprint density at radius 2 is 1.67 bits per heavy atom. The standard InChI is InChI=1S/C23H19Cl2FN6O/c24-16-13-20(25)21(27-14-16)29-9-11-31(12-10-29)23(33)19-15-28-32(18-5-3-17(26)4-6-18)22(19)30-7-1-2-8-30/h1-8,13-15H,9-12H2. The Labute approximate surface area is 199 Å². The number of hydrogen-bond donors (Lipinski definition) is 0. The van der Waals surface area contributed by atoms with Crippen LogP contribution in [0.4, 0.5) is 10.2 Å². The van der Waals surface area contributed by atoms with Crippen molar-refractivity contribution < 1.29 is 9.18 Å². The normalized spacial score (nSPS) is 14.0. The van der Waals surface area contributed by atoms with E-state index in [0.29, 0.717) is 59.1 Å². The van der Waals surface area contributed by atoms with E-state index in [9.17, 15) is 9.18 Å². The number of carbonyl (C=O) groups excluding carboxylic acids is 1. The third-order valence-corrected chi connectivity index (χ3v) is 6.03. The van der Waals surface area contributed by atoms with Crippen LogP contribution in [-0.2, 0) is 0 Å². The Kier molecular flexibility index (Phi) is 5.78. The number of piperazine rings is 1. The first-order valence-corrected chi connectivity index (χ1v) is 11.1. The summed E-state index contributed by atoms with van der Waals surface area (Å²) in [5.41, 5.74) is 1.12. The minimum atomic E-state index is -0.335. The van der Waals surface area contributed by atoms with Crippen LogP contribution in [0, 0.1) is 5.82 Å². The molecule has 0 spiro atoms. The second-order valence-electron chi connectivity index (χ2n) is 7.60. The summed E-state index contributed by atoms with van der Waals surface area (Å²) in [5.74, 6) is 0.798. The number of hydrogen-bond acceptors (Lipinski definition) is 4. The van der Waals surface area contributed by atoms with Crippen molar-refractivity contribution in [1.82, 2.24) is 24.2 Å². The van der Waals surface area contributed by atoms with Gasteiger partial charge in [0, 0.05) is 44.8 Å². The minimum absolute atomic E-state index is 0.123. The zero-order chi connectivity index (χ0) is 22.9. The molecule has 0 atom stereocenters. The van der Waals surface area contributed by atoms with E-state index in [-0.39, 0.29) is 11.7 Å². The third kappa shape index (κ3) is 4.19. The van der Waals surface area contributed by atoms with Gasteiger partial charge in [0.05, 0.1) is 21.9 Å². The highest BCUT2D eigenvalue weighted by Crippen LogP contribution is 2.28. The molecule has 0 radical (unpaired) electrons. The molecule has 1 aromatic carbocycles. The van der Waals surface area contributed by atoms with Crippen LogP contribution in [0.5, 0.6) is 0 Å². The highest BCUT2D eigenvalue weighted by Gasteiger charge is 2.28. The number of rotatable bonds is 4. The second-order valence-corrected chi connectivity index (χ2v) is 8.44. The number of amides is 1. The molecule has 1 aliphatic rings. The monoisotopic (exact) mass is 484 g/mol. The van der Waals surface area contributed by atoms with E-state index in [0.717, 1.165) is 0 Å². The van der Waals surface area contributed by atoms with E-state index in [2.05, 4.69) is 10.1 Å². The summed E-state index contributed by atoms with van der Waals surface area (Å²) < 4.78 is 16.9. The van der Waals surface area contributed by atoms with E-state index in [1.54, 1.807) is 40.2 Å². The first-order valence-electron chi connectivity index (χ1n) is 10.3. The number of pyridine rings is 1. The van der Waals surface area contributed by atoms with E-state index in [4.69, 9.17) is 23.2 Å². The van der Waals surface area contributed by atoms with Crippen molar-refractivity contribution in [2.75, 3.05) is 31.1 Å². The molecule has 1 fully saturated rings. The number of aromatic nitrogens is 4. The van der Waals surface area contributed by atoms with Gasteiger partial charge in [-0.3, -0.25) is 4.79 Å². The van der Waals surface area contributed by atoms with Gasteiger partial charge in [0.2, 0.25) is 0 Å². The van der Waals surface area contributed by atoms with Crippen molar-refractivity contribution in [1.29, 1.82) is 0 Å². The fraction of sp³-hybridized carbons (Fsp3) is 0.174. The van der Waals surface area contributed by atoms with Crippen LogP contribution >= 0.6 is 23.2 Å². The smallest absolute Gasteiger partial charge is 0.259 e. The van der Waals surface area contributed by atoms with Crippen molar-refractivity contribution in [3.63, 3.8) is 0 Å². The second kappa shape index (κ2) is 8.88. The average molecular weight is 485 g/mol. The van der Waals surface area contributed by atoms with Crippen molar-refractivity contribution >= 4 is 34.9 Å². The molecule has 0 bridgehead atoms. The zero-order valence-corrected chi connectivity index (χ0v) is 18.9. The Morgan fingerprint density at radius 1 is 0.970 bits per heavy atom. The molecular formula is C23H19Cl2FN6O. The predicted octanol–water partition coefficient (Wildman–Crippen LogP) is 4.47. The molecule has 10 heteroatoms. The summed E-state index contributed by atoms with van der Waals surface area (Å²) in [6, 6.07) is 11.4. The van der Waals surface area contributed by atoms with Gasteiger partial charge in [0.15, 0.2) is 5.82 Å². The fourth-order valence-corrected chi connectivity index (χ4v) is 4.42. The average Bonchev–Trinajstić information content (AvgIpc) is 3.49. The van der Waals surface area contributed by atoms with Gasteiger partial charge in [-0.1, -0.05) is 23.2 Å². The van der Waals surface area contributed by atoms with Crippen LogP contribution < -0.4 is 4.90 Å². The van der Waals surface area contributed by atoms with E-state index >= 15 is 0 Å². The van der Waals surface area contributed by atoms with E-state index in [1.807, 2.05) is 34.0 Å². The lowest BCUT2D eigenvalue weighted by atomic mass is 10.2. The topological polar surface area (TPSA) is 59.2 Å². The molecule has 0 N–H and O–H groups in total. The number of halogens is 3. The fourth-order valence-electron chi connectivity index (χ4n) is 3.92. The highest BCUT2D eigenvalue weighted by molar-refractivity contribution is 6.36. The van der Waals surface area contributed by atoms with Gasteiger partial charge in [-0.25, -0.2) is 14.1 Å². The maximum atomic E-state index is 13.5. The van der Waals surface area contributed by atoms with Crippen LogP contribution in [-0.4, -0.2) is 56.3 Å². The summed E-state index contributed by atoms with van der Waals surface area (Å²) in [6.07, 6.45) is 6.82. The lowest BCUT2D eigenvalue weighted by Crippen LogP contribution is -2.49. The number of benzene rings is 1. The van der Waals surface area contributed by atoms with Crippen LogP contribution in [0.25, 0.3) is 11.5 Å². The van der Waals surface area contributed by atoms with Crippen LogP contribution in [0.1, 0.15) is 10.4 Å². The third-order valence-electron chi connectivity index (χ3n) is 5.55. The summed E-state index contributed by atoms with van der Waals surface area (Å²) in [6.45, 7) is 2.19. The summed E-state index contributed by atoms with van der Waals surface area (Å²) >= 11 is 12.3. The number of anilines is 1.